The summed E-state index contributed by atoms with van der Waals surface area (Å²) in [4.78, 5) is 16.2. The van der Waals surface area contributed by atoms with Crippen LogP contribution in [0.1, 0.15) is 31.1 Å². The van der Waals surface area contributed by atoms with Gasteiger partial charge in [0.05, 0.1) is 22.5 Å². The number of alkyl halides is 1. The fourth-order valence-corrected chi connectivity index (χ4v) is 2.09. The topological polar surface area (TPSA) is 67.5 Å². The van der Waals surface area contributed by atoms with Crippen LogP contribution < -0.4 is 11.1 Å². The van der Waals surface area contributed by atoms with Crippen LogP contribution in [0.3, 0.4) is 0 Å². The van der Waals surface area contributed by atoms with Crippen LogP contribution in [0.25, 0.3) is 0 Å². The third-order valence-electron chi connectivity index (χ3n) is 2.51. The van der Waals surface area contributed by atoms with Crippen LogP contribution in [0.15, 0.2) is 17.1 Å². The second kappa shape index (κ2) is 7.45. The molecule has 0 aliphatic heterocycles. The molecule has 0 fully saturated rings. The van der Waals surface area contributed by atoms with Crippen molar-refractivity contribution in [3.05, 3.63) is 27.7 Å². The number of aliphatic imine (C=N–C) groups is 1. The summed E-state index contributed by atoms with van der Waals surface area (Å²) in [7, 11) is 0. The molecular weight excluding hydrogens is 333 g/mol. The Labute approximate surface area is 139 Å². The third-order valence-corrected chi connectivity index (χ3v) is 3.36. The van der Waals surface area contributed by atoms with E-state index in [1.807, 2.05) is 20.8 Å². The number of hydrogen-bond acceptors (Lipinski definition) is 3. The predicted molar refractivity (Wildman–Crippen MR) is 90.6 cm³/mol. The first-order valence-electron chi connectivity index (χ1n) is 6.30. The second-order valence-electron chi connectivity index (χ2n) is 5.55. The van der Waals surface area contributed by atoms with Gasteiger partial charge >= 0.3 is 0 Å². The van der Waals surface area contributed by atoms with Crippen molar-refractivity contribution in [2.24, 2.45) is 10.7 Å². The quantitative estimate of drug-likeness (QED) is 0.367. The van der Waals surface area contributed by atoms with Gasteiger partial charge in [-0.3, -0.25) is 4.79 Å². The molecular formula is C14H18Cl3N3O. The number of carbonyl (C=O) groups is 1. The van der Waals surface area contributed by atoms with Crippen molar-refractivity contribution in [2.75, 3.05) is 12.4 Å². The number of rotatable bonds is 5. The van der Waals surface area contributed by atoms with E-state index in [0.29, 0.717) is 11.3 Å². The van der Waals surface area contributed by atoms with Gasteiger partial charge < -0.3 is 11.1 Å². The van der Waals surface area contributed by atoms with Crippen LogP contribution in [-0.2, 0) is 0 Å². The zero-order valence-corrected chi connectivity index (χ0v) is 14.4. The van der Waals surface area contributed by atoms with E-state index in [2.05, 4.69) is 10.3 Å². The van der Waals surface area contributed by atoms with E-state index in [1.54, 1.807) is 0 Å². The van der Waals surface area contributed by atoms with Crippen molar-refractivity contribution < 1.29 is 4.79 Å². The van der Waals surface area contributed by atoms with Gasteiger partial charge in [-0.1, -0.05) is 23.2 Å². The summed E-state index contributed by atoms with van der Waals surface area (Å²) >= 11 is 17.8. The van der Waals surface area contributed by atoms with Crippen LogP contribution in [0.4, 0.5) is 5.69 Å². The van der Waals surface area contributed by atoms with Crippen LogP contribution in [0.5, 0.6) is 0 Å². The van der Waals surface area contributed by atoms with Crippen molar-refractivity contribution in [2.45, 2.75) is 26.3 Å². The molecule has 0 bridgehead atoms. The number of carbonyl (C=O) groups excluding carboxylic acids is 1. The Morgan fingerprint density at radius 1 is 1.29 bits per heavy atom. The first-order valence-corrected chi connectivity index (χ1v) is 7.59. The molecule has 0 saturated carbocycles. The normalized spacial score (nSPS) is 12.6. The number of hydrogen-bond donors (Lipinski definition) is 2. The molecule has 0 radical (unpaired) electrons. The van der Waals surface area contributed by atoms with E-state index in [1.165, 1.54) is 12.1 Å². The van der Waals surface area contributed by atoms with Gasteiger partial charge in [-0.2, -0.15) is 0 Å². The van der Waals surface area contributed by atoms with Crippen molar-refractivity contribution in [3.8, 4) is 0 Å². The molecule has 0 saturated heterocycles. The summed E-state index contributed by atoms with van der Waals surface area (Å²) in [6.45, 7) is 6.13. The fraction of sp³-hybridized carbons (Fsp3) is 0.429. The molecule has 21 heavy (non-hydrogen) atoms. The molecule has 0 atom stereocenters. The van der Waals surface area contributed by atoms with Gasteiger partial charge in [0, 0.05) is 11.1 Å². The number of ketones is 1. The van der Waals surface area contributed by atoms with Crippen LogP contribution in [0, 0.1) is 0 Å². The molecule has 1 rings (SSSR count). The minimum absolute atomic E-state index is 0.0723. The molecule has 3 N–H and O–H groups in total. The first kappa shape index (κ1) is 18.2. The molecule has 1 aromatic rings. The largest absolute Gasteiger partial charge is 0.386 e. The van der Waals surface area contributed by atoms with Gasteiger partial charge in [0.25, 0.3) is 0 Å². The van der Waals surface area contributed by atoms with Gasteiger partial charge in [0.2, 0.25) is 0 Å². The highest BCUT2D eigenvalue weighted by atomic mass is 35.5. The van der Waals surface area contributed by atoms with E-state index in [4.69, 9.17) is 40.5 Å². The Morgan fingerprint density at radius 3 is 2.24 bits per heavy atom. The van der Waals surface area contributed by atoms with Crippen LogP contribution in [0.2, 0.25) is 10.0 Å². The van der Waals surface area contributed by atoms with E-state index in [-0.39, 0.29) is 39.6 Å². The molecule has 0 aliphatic carbocycles. The average Bonchev–Trinajstić information content (AvgIpc) is 2.38. The molecule has 0 unspecified atom stereocenters. The highest BCUT2D eigenvalue weighted by Gasteiger charge is 2.16. The molecule has 4 nitrogen and oxygen atoms in total. The second-order valence-corrected chi connectivity index (χ2v) is 6.63. The lowest BCUT2D eigenvalue weighted by atomic mass is 10.1. The summed E-state index contributed by atoms with van der Waals surface area (Å²) < 4.78 is 0. The van der Waals surface area contributed by atoms with E-state index >= 15 is 0 Å². The van der Waals surface area contributed by atoms with Crippen LogP contribution in [-0.4, -0.2) is 29.6 Å². The lowest BCUT2D eigenvalue weighted by Crippen LogP contribution is -2.39. The van der Waals surface area contributed by atoms with Gasteiger partial charge in [-0.05, 0) is 32.9 Å². The Morgan fingerprint density at radius 2 is 1.81 bits per heavy atom. The van der Waals surface area contributed by atoms with E-state index in [9.17, 15) is 4.79 Å². The standard InChI is InChI=1S/C14H18Cl3N3O/c1-14(2,3)19-7-11(21)8-4-9(16)13(10(17)5-8)20-12(18)6-15/h4-5,19H,6-7H2,1-3H3,(H2,18,20). The summed E-state index contributed by atoms with van der Waals surface area (Å²) in [6.07, 6.45) is 0. The number of halogens is 3. The van der Waals surface area contributed by atoms with E-state index in [0.717, 1.165) is 0 Å². The predicted octanol–water partition coefficient (Wildman–Crippen LogP) is 3.79. The van der Waals surface area contributed by atoms with Crippen molar-refractivity contribution in [3.63, 3.8) is 0 Å². The highest BCUT2D eigenvalue weighted by molar-refractivity contribution is 6.39. The van der Waals surface area contributed by atoms with Crippen molar-refractivity contribution in [1.82, 2.24) is 5.32 Å². The van der Waals surface area contributed by atoms with E-state index < -0.39 is 0 Å². The monoisotopic (exact) mass is 349 g/mol. The molecule has 0 heterocycles. The van der Waals surface area contributed by atoms with Gasteiger partial charge in [-0.15, -0.1) is 11.6 Å². The maximum atomic E-state index is 12.1. The molecule has 0 aromatic heterocycles. The van der Waals surface area contributed by atoms with Crippen LogP contribution >= 0.6 is 34.8 Å². The number of amidine groups is 1. The number of Topliss-reactive ketones (excluding diaryl/α,β-unsaturated/α-hetero) is 1. The average molecular weight is 351 g/mol. The Bertz CT molecular complexity index is 542. The summed E-state index contributed by atoms with van der Waals surface area (Å²) in [5, 5.41) is 3.63. The lowest BCUT2D eigenvalue weighted by molar-refractivity contribution is 0.0982. The van der Waals surface area contributed by atoms with Gasteiger partial charge in [0.1, 0.15) is 11.5 Å². The van der Waals surface area contributed by atoms with Gasteiger partial charge in [-0.25, -0.2) is 4.99 Å². The number of nitrogens with one attached hydrogen (secondary N) is 1. The summed E-state index contributed by atoms with van der Waals surface area (Å²) in [5.74, 6) is 0.173. The molecule has 7 heteroatoms. The number of nitrogens with zero attached hydrogens (tertiary/aromatic N) is 1. The van der Waals surface area contributed by atoms with Crippen molar-refractivity contribution in [1.29, 1.82) is 0 Å². The SMILES string of the molecule is CC(C)(C)NCC(=O)c1cc(Cl)c(N=C(N)CCl)c(Cl)c1. The molecule has 0 amide bonds. The summed E-state index contributed by atoms with van der Waals surface area (Å²) in [5.41, 5.74) is 6.15. The van der Waals surface area contributed by atoms with Gasteiger partial charge in [0.15, 0.2) is 5.78 Å². The third kappa shape index (κ3) is 5.83. The summed E-state index contributed by atoms with van der Waals surface area (Å²) in [6, 6.07) is 3.06. The smallest absolute Gasteiger partial charge is 0.176 e. The first-order chi connectivity index (χ1) is 9.64. The maximum Gasteiger partial charge on any atom is 0.176 e. The Hall–Kier alpha value is -0.810. The lowest BCUT2D eigenvalue weighted by Gasteiger charge is -2.20. The zero-order valence-electron chi connectivity index (χ0n) is 12.1. The number of nitrogens with two attached hydrogens (primary N) is 1. The maximum absolute atomic E-state index is 12.1. The minimum Gasteiger partial charge on any atom is -0.386 e. The molecule has 0 spiro atoms. The zero-order chi connectivity index (χ0) is 16.2. The fourth-order valence-electron chi connectivity index (χ4n) is 1.45. The molecule has 1 aromatic carbocycles. The number of benzene rings is 1. The molecule has 0 aliphatic rings. The Balaban J connectivity index is 3.00. The van der Waals surface area contributed by atoms with Crippen molar-refractivity contribution >= 4 is 52.1 Å². The highest BCUT2D eigenvalue weighted by Crippen LogP contribution is 2.34. The minimum atomic E-state index is -0.151. The Kier molecular flexibility index (Phi) is 6.47. The molecule has 116 valence electrons.